The fourth-order valence-corrected chi connectivity index (χ4v) is 6.31. The fourth-order valence-electron chi connectivity index (χ4n) is 6.31. The molecule has 5 rings (SSSR count). The van der Waals surface area contributed by atoms with Crippen LogP contribution in [0.15, 0.2) is 54.6 Å². The molecule has 0 unspecified atom stereocenters. The van der Waals surface area contributed by atoms with Crippen molar-refractivity contribution in [2.45, 2.75) is 56.0 Å². The molecule has 180 valence electrons. The predicted molar refractivity (Wildman–Crippen MR) is 135 cm³/mol. The summed E-state index contributed by atoms with van der Waals surface area (Å²) in [7, 11) is 4.37. The molecule has 6 nitrogen and oxygen atoms in total. The molecular formula is C28H36N4O2. The number of carbonyl (C=O) groups excluding carboxylic acids is 2. The molecule has 34 heavy (non-hydrogen) atoms. The Bertz CT molecular complexity index is 1040. The molecule has 0 aromatic heterocycles. The topological polar surface area (TPSA) is 69.9 Å². The molecule has 1 saturated heterocycles. The summed E-state index contributed by atoms with van der Waals surface area (Å²) < 4.78 is 0. The third-order valence-corrected chi connectivity index (χ3v) is 8.79. The lowest BCUT2D eigenvalue weighted by Crippen LogP contribution is -2.56. The molecule has 3 amide bonds. The first-order valence-electron chi connectivity index (χ1n) is 12.6. The molecule has 2 aliphatic carbocycles. The van der Waals surface area contributed by atoms with Gasteiger partial charge in [-0.1, -0.05) is 36.8 Å². The van der Waals surface area contributed by atoms with E-state index in [1.54, 1.807) is 12.1 Å². The number of amides is 3. The minimum atomic E-state index is -0.449. The van der Waals surface area contributed by atoms with E-state index in [0.717, 1.165) is 37.9 Å². The molecule has 3 fully saturated rings. The van der Waals surface area contributed by atoms with Gasteiger partial charge in [-0.25, -0.2) is 4.79 Å². The van der Waals surface area contributed by atoms with E-state index in [-0.39, 0.29) is 17.1 Å². The van der Waals surface area contributed by atoms with Crippen LogP contribution in [0, 0.1) is 5.92 Å². The van der Waals surface area contributed by atoms with Crippen molar-refractivity contribution in [3.63, 3.8) is 0 Å². The standard InChI is InChI=1S/C28H36N4O2/c1-30(2)28(23-9-4-3-5-10-23)17-15-27(16-18-28)20-31(24-13-11-22(12-14-24)25(29)33)26(34)32(27)19-21-7-6-8-21/h3-5,9-14,21H,6-8,15-20H2,1-2H3,(H2,29,33). The van der Waals surface area contributed by atoms with Crippen molar-refractivity contribution in [2.24, 2.45) is 11.7 Å². The van der Waals surface area contributed by atoms with Crippen LogP contribution < -0.4 is 10.6 Å². The molecule has 0 atom stereocenters. The molecular weight excluding hydrogens is 424 g/mol. The van der Waals surface area contributed by atoms with E-state index in [4.69, 9.17) is 5.73 Å². The summed E-state index contributed by atoms with van der Waals surface area (Å²) in [6, 6.07) is 18.1. The van der Waals surface area contributed by atoms with Gasteiger partial charge in [0, 0.05) is 23.3 Å². The monoisotopic (exact) mass is 460 g/mol. The number of carbonyl (C=O) groups is 2. The lowest BCUT2D eigenvalue weighted by Gasteiger charge is -2.51. The van der Waals surface area contributed by atoms with Gasteiger partial charge in [-0.05, 0) is 88.4 Å². The second kappa shape index (κ2) is 8.73. The molecule has 0 radical (unpaired) electrons. The van der Waals surface area contributed by atoms with Crippen molar-refractivity contribution >= 4 is 17.6 Å². The van der Waals surface area contributed by atoms with Gasteiger partial charge in [0.25, 0.3) is 0 Å². The summed E-state index contributed by atoms with van der Waals surface area (Å²) in [6.07, 6.45) is 7.72. The van der Waals surface area contributed by atoms with Gasteiger partial charge in [-0.3, -0.25) is 14.6 Å². The Labute approximate surface area is 202 Å². The van der Waals surface area contributed by atoms with Crippen molar-refractivity contribution in [2.75, 3.05) is 32.1 Å². The van der Waals surface area contributed by atoms with Crippen LogP contribution in [0.1, 0.15) is 60.9 Å². The summed E-state index contributed by atoms with van der Waals surface area (Å²) in [5.74, 6) is 0.170. The fraction of sp³-hybridized carbons (Fsp3) is 0.500. The average Bonchev–Trinajstić information content (AvgIpc) is 3.08. The van der Waals surface area contributed by atoms with Crippen LogP contribution in [-0.4, -0.2) is 54.5 Å². The smallest absolute Gasteiger partial charge is 0.325 e. The van der Waals surface area contributed by atoms with E-state index >= 15 is 0 Å². The van der Waals surface area contributed by atoms with Crippen LogP contribution in [0.2, 0.25) is 0 Å². The zero-order valence-corrected chi connectivity index (χ0v) is 20.4. The van der Waals surface area contributed by atoms with Gasteiger partial charge >= 0.3 is 6.03 Å². The van der Waals surface area contributed by atoms with Crippen LogP contribution in [-0.2, 0) is 5.54 Å². The minimum absolute atomic E-state index is 0.00570. The number of anilines is 1. The maximum Gasteiger partial charge on any atom is 0.325 e. The Morgan fingerprint density at radius 1 is 1.00 bits per heavy atom. The zero-order valence-electron chi connectivity index (χ0n) is 20.4. The average molecular weight is 461 g/mol. The van der Waals surface area contributed by atoms with E-state index in [2.05, 4.69) is 54.2 Å². The maximum absolute atomic E-state index is 13.8. The van der Waals surface area contributed by atoms with Crippen LogP contribution in [0.25, 0.3) is 0 Å². The molecule has 2 N–H and O–H groups in total. The van der Waals surface area contributed by atoms with E-state index in [1.807, 2.05) is 17.0 Å². The van der Waals surface area contributed by atoms with Crippen molar-refractivity contribution in [3.8, 4) is 0 Å². The first-order chi connectivity index (χ1) is 16.3. The first-order valence-corrected chi connectivity index (χ1v) is 12.6. The lowest BCUT2D eigenvalue weighted by molar-refractivity contribution is 0.0172. The van der Waals surface area contributed by atoms with Gasteiger partial charge in [-0.15, -0.1) is 0 Å². The number of nitrogens with two attached hydrogens (primary N) is 1. The van der Waals surface area contributed by atoms with Crippen LogP contribution in [0.3, 0.4) is 0 Å². The highest BCUT2D eigenvalue weighted by Gasteiger charge is 2.55. The van der Waals surface area contributed by atoms with Crippen molar-refractivity contribution in [1.82, 2.24) is 9.80 Å². The third-order valence-electron chi connectivity index (χ3n) is 8.79. The van der Waals surface area contributed by atoms with E-state index in [9.17, 15) is 9.59 Å². The van der Waals surface area contributed by atoms with Gasteiger partial charge < -0.3 is 10.6 Å². The molecule has 2 saturated carbocycles. The zero-order chi connectivity index (χ0) is 23.9. The Morgan fingerprint density at radius 3 is 2.18 bits per heavy atom. The van der Waals surface area contributed by atoms with Crippen molar-refractivity contribution in [1.29, 1.82) is 0 Å². The van der Waals surface area contributed by atoms with E-state index < -0.39 is 5.91 Å². The second-order valence-electron chi connectivity index (χ2n) is 10.7. The molecule has 6 heteroatoms. The highest BCUT2D eigenvalue weighted by Crippen LogP contribution is 2.50. The Balaban J connectivity index is 1.44. The molecule has 2 aromatic rings. The van der Waals surface area contributed by atoms with Gasteiger partial charge in [0.1, 0.15) is 0 Å². The number of urea groups is 1. The van der Waals surface area contributed by atoms with Crippen molar-refractivity contribution in [3.05, 3.63) is 65.7 Å². The van der Waals surface area contributed by atoms with E-state index in [0.29, 0.717) is 18.0 Å². The number of primary amides is 1. The highest BCUT2D eigenvalue weighted by molar-refractivity contribution is 5.97. The van der Waals surface area contributed by atoms with Gasteiger partial charge in [0.2, 0.25) is 5.91 Å². The van der Waals surface area contributed by atoms with Gasteiger partial charge in [0.15, 0.2) is 0 Å². The number of rotatable bonds is 6. The highest BCUT2D eigenvalue weighted by atomic mass is 16.2. The molecule has 1 aliphatic heterocycles. The second-order valence-corrected chi connectivity index (χ2v) is 10.7. The maximum atomic E-state index is 13.8. The summed E-state index contributed by atoms with van der Waals surface area (Å²) >= 11 is 0. The summed E-state index contributed by atoms with van der Waals surface area (Å²) in [6.45, 7) is 1.56. The predicted octanol–water partition coefficient (Wildman–Crippen LogP) is 4.60. The molecule has 2 aromatic carbocycles. The SMILES string of the molecule is CN(C)C1(c2ccccc2)CCC2(CC1)CN(c1ccc(C(N)=O)cc1)C(=O)N2CC1CCC1. The first kappa shape index (κ1) is 22.9. The molecule has 1 heterocycles. The third kappa shape index (κ3) is 3.78. The number of benzene rings is 2. The largest absolute Gasteiger partial charge is 0.366 e. The lowest BCUT2D eigenvalue weighted by atomic mass is 9.68. The molecule has 0 bridgehead atoms. The number of hydrogen-bond donors (Lipinski definition) is 1. The van der Waals surface area contributed by atoms with E-state index in [1.165, 1.54) is 24.8 Å². The summed E-state index contributed by atoms with van der Waals surface area (Å²) in [5.41, 5.74) is 7.94. The Kier molecular flexibility index (Phi) is 5.88. The Hall–Kier alpha value is -2.86. The van der Waals surface area contributed by atoms with Crippen LogP contribution >= 0.6 is 0 Å². The molecule has 1 spiro atoms. The number of nitrogens with zero attached hydrogens (tertiary/aromatic N) is 3. The summed E-state index contributed by atoms with van der Waals surface area (Å²) in [5, 5.41) is 0. The summed E-state index contributed by atoms with van der Waals surface area (Å²) in [4.78, 5) is 31.8. The minimum Gasteiger partial charge on any atom is -0.366 e. The molecule has 3 aliphatic rings. The quantitative estimate of drug-likeness (QED) is 0.685. The van der Waals surface area contributed by atoms with Gasteiger partial charge in [0.05, 0.1) is 12.1 Å². The number of hydrogen-bond acceptors (Lipinski definition) is 3. The van der Waals surface area contributed by atoms with Gasteiger partial charge in [-0.2, -0.15) is 0 Å². The van der Waals surface area contributed by atoms with Crippen LogP contribution in [0.5, 0.6) is 0 Å². The normalized spacial score (nSPS) is 27.4. The Morgan fingerprint density at radius 2 is 1.65 bits per heavy atom. The van der Waals surface area contributed by atoms with Crippen molar-refractivity contribution < 1.29 is 9.59 Å². The van der Waals surface area contributed by atoms with Crippen LogP contribution in [0.4, 0.5) is 10.5 Å².